The van der Waals surface area contributed by atoms with Gasteiger partial charge in [-0.25, -0.2) is 0 Å². The van der Waals surface area contributed by atoms with Gasteiger partial charge in [-0.15, -0.1) is 0 Å². The molecule has 106 valence electrons. The van der Waals surface area contributed by atoms with E-state index < -0.39 is 12.0 Å². The first kappa shape index (κ1) is 15.4. The number of hydrogen-bond acceptors (Lipinski definition) is 4. The van der Waals surface area contributed by atoms with E-state index in [0.29, 0.717) is 12.5 Å². The Morgan fingerprint density at radius 3 is 2.94 bits per heavy atom. The Kier molecular flexibility index (Phi) is 7.23. The summed E-state index contributed by atoms with van der Waals surface area (Å²) in [6.07, 6.45) is 2.95. The summed E-state index contributed by atoms with van der Waals surface area (Å²) in [6.45, 7) is 8.35. The highest BCUT2D eigenvalue weighted by Crippen LogP contribution is 2.09. The summed E-state index contributed by atoms with van der Waals surface area (Å²) < 4.78 is 5.60. The monoisotopic (exact) mass is 258 g/mol. The summed E-state index contributed by atoms with van der Waals surface area (Å²) in [4.78, 5) is 13.4. The predicted octanol–water partition coefficient (Wildman–Crippen LogP) is 0.940. The fraction of sp³-hybridized carbons (Fsp3) is 0.923. The van der Waals surface area contributed by atoms with Crippen molar-refractivity contribution in [2.24, 2.45) is 0 Å². The number of nitrogens with zero attached hydrogens (tertiary/aromatic N) is 1. The lowest BCUT2D eigenvalue weighted by atomic mass is 10.1. The summed E-state index contributed by atoms with van der Waals surface area (Å²) in [6, 6.07) is -0.423. The standard InChI is InChI=1S/C13H26N2O3/c1-3-6-14-12(13(16)17)5-7-15-8-9-18-11(4-2)10-15/h11-12,14H,3-10H2,1-2H3,(H,16,17). The van der Waals surface area contributed by atoms with Gasteiger partial charge in [0, 0.05) is 19.6 Å². The Balaban J connectivity index is 2.30. The molecule has 2 unspecified atom stereocenters. The molecule has 0 saturated carbocycles. The van der Waals surface area contributed by atoms with Gasteiger partial charge < -0.3 is 15.2 Å². The second kappa shape index (κ2) is 8.45. The number of aliphatic carboxylic acids is 1. The van der Waals surface area contributed by atoms with Gasteiger partial charge in [0.05, 0.1) is 12.7 Å². The number of hydrogen-bond donors (Lipinski definition) is 2. The minimum Gasteiger partial charge on any atom is -0.480 e. The molecule has 0 spiro atoms. The molecule has 5 heteroatoms. The predicted molar refractivity (Wildman–Crippen MR) is 70.8 cm³/mol. The van der Waals surface area contributed by atoms with E-state index in [2.05, 4.69) is 17.1 Å². The molecule has 5 nitrogen and oxygen atoms in total. The molecule has 0 aromatic heterocycles. The zero-order valence-electron chi connectivity index (χ0n) is 11.5. The van der Waals surface area contributed by atoms with Crippen LogP contribution in [0.25, 0.3) is 0 Å². The molecule has 0 aromatic carbocycles. The van der Waals surface area contributed by atoms with Crippen LogP contribution in [0, 0.1) is 0 Å². The summed E-state index contributed by atoms with van der Waals surface area (Å²) in [5, 5.41) is 12.2. The summed E-state index contributed by atoms with van der Waals surface area (Å²) in [7, 11) is 0. The van der Waals surface area contributed by atoms with E-state index in [1.807, 2.05) is 6.92 Å². The SMILES string of the molecule is CCCNC(CCN1CCOC(CC)C1)C(=O)O. The Labute approximate surface area is 109 Å². The van der Waals surface area contributed by atoms with Crippen LogP contribution in [-0.2, 0) is 9.53 Å². The Morgan fingerprint density at radius 2 is 2.33 bits per heavy atom. The molecule has 0 radical (unpaired) electrons. The molecular weight excluding hydrogens is 232 g/mol. The van der Waals surface area contributed by atoms with E-state index in [1.165, 1.54) is 0 Å². The fourth-order valence-electron chi connectivity index (χ4n) is 2.17. The zero-order chi connectivity index (χ0) is 13.4. The lowest BCUT2D eigenvalue weighted by Crippen LogP contribution is -2.45. The van der Waals surface area contributed by atoms with E-state index in [9.17, 15) is 4.79 Å². The smallest absolute Gasteiger partial charge is 0.320 e. The molecule has 2 atom stereocenters. The van der Waals surface area contributed by atoms with Crippen LogP contribution >= 0.6 is 0 Å². The van der Waals surface area contributed by atoms with Gasteiger partial charge >= 0.3 is 5.97 Å². The van der Waals surface area contributed by atoms with Gasteiger partial charge in [-0.2, -0.15) is 0 Å². The van der Waals surface area contributed by atoms with Crippen molar-refractivity contribution in [3.05, 3.63) is 0 Å². The third kappa shape index (κ3) is 5.33. The Bertz CT molecular complexity index is 248. The molecule has 1 rings (SSSR count). The molecule has 1 fully saturated rings. The molecule has 18 heavy (non-hydrogen) atoms. The van der Waals surface area contributed by atoms with Crippen molar-refractivity contribution in [1.29, 1.82) is 0 Å². The minimum atomic E-state index is -0.747. The fourth-order valence-corrected chi connectivity index (χ4v) is 2.17. The number of carboxylic acid groups (broad SMARTS) is 1. The van der Waals surface area contributed by atoms with E-state index in [0.717, 1.165) is 45.6 Å². The van der Waals surface area contributed by atoms with Gasteiger partial charge in [-0.3, -0.25) is 9.69 Å². The van der Waals surface area contributed by atoms with E-state index >= 15 is 0 Å². The van der Waals surface area contributed by atoms with Crippen molar-refractivity contribution >= 4 is 5.97 Å². The average Bonchev–Trinajstić information content (AvgIpc) is 2.38. The lowest BCUT2D eigenvalue weighted by molar-refractivity contribution is -0.139. The molecule has 0 amide bonds. The van der Waals surface area contributed by atoms with Crippen LogP contribution < -0.4 is 5.32 Å². The van der Waals surface area contributed by atoms with Gasteiger partial charge in [-0.05, 0) is 25.8 Å². The van der Waals surface area contributed by atoms with Gasteiger partial charge in [0.15, 0.2) is 0 Å². The van der Waals surface area contributed by atoms with Crippen molar-refractivity contribution in [2.75, 3.05) is 32.8 Å². The number of nitrogens with one attached hydrogen (secondary N) is 1. The summed E-state index contributed by atoms with van der Waals surface area (Å²) in [5.41, 5.74) is 0. The van der Waals surface area contributed by atoms with Crippen LogP contribution in [0.5, 0.6) is 0 Å². The first-order chi connectivity index (χ1) is 8.67. The topological polar surface area (TPSA) is 61.8 Å². The maximum atomic E-state index is 11.1. The second-order valence-corrected chi connectivity index (χ2v) is 4.84. The first-order valence-electron chi connectivity index (χ1n) is 6.97. The highest BCUT2D eigenvalue weighted by molar-refractivity contribution is 5.73. The minimum absolute atomic E-state index is 0.311. The molecule has 2 N–H and O–H groups in total. The zero-order valence-corrected chi connectivity index (χ0v) is 11.5. The largest absolute Gasteiger partial charge is 0.480 e. The third-order valence-corrected chi connectivity index (χ3v) is 3.35. The van der Waals surface area contributed by atoms with Crippen molar-refractivity contribution in [3.63, 3.8) is 0 Å². The van der Waals surface area contributed by atoms with Gasteiger partial charge in [0.25, 0.3) is 0 Å². The third-order valence-electron chi connectivity index (χ3n) is 3.35. The maximum Gasteiger partial charge on any atom is 0.320 e. The normalized spacial score (nSPS) is 22.9. The van der Waals surface area contributed by atoms with Crippen LogP contribution in [0.3, 0.4) is 0 Å². The Hall–Kier alpha value is -0.650. The van der Waals surface area contributed by atoms with Crippen LogP contribution in [-0.4, -0.2) is 60.9 Å². The Morgan fingerprint density at radius 1 is 1.56 bits per heavy atom. The van der Waals surface area contributed by atoms with Crippen molar-refractivity contribution in [3.8, 4) is 0 Å². The maximum absolute atomic E-state index is 11.1. The number of rotatable bonds is 8. The highest BCUT2D eigenvalue weighted by atomic mass is 16.5. The quantitative estimate of drug-likeness (QED) is 0.678. The number of carboxylic acids is 1. The second-order valence-electron chi connectivity index (χ2n) is 4.84. The number of carbonyl (C=O) groups is 1. The summed E-state index contributed by atoms with van der Waals surface area (Å²) >= 11 is 0. The number of morpholine rings is 1. The molecular formula is C13H26N2O3. The van der Waals surface area contributed by atoms with Gasteiger partial charge in [-0.1, -0.05) is 13.8 Å². The molecule has 1 aliphatic heterocycles. The van der Waals surface area contributed by atoms with Crippen LogP contribution in [0.2, 0.25) is 0 Å². The highest BCUT2D eigenvalue weighted by Gasteiger charge is 2.22. The van der Waals surface area contributed by atoms with Crippen LogP contribution in [0.1, 0.15) is 33.1 Å². The first-order valence-corrected chi connectivity index (χ1v) is 6.97. The van der Waals surface area contributed by atoms with Crippen LogP contribution in [0.15, 0.2) is 0 Å². The van der Waals surface area contributed by atoms with Crippen molar-refractivity contribution in [1.82, 2.24) is 10.2 Å². The van der Waals surface area contributed by atoms with Gasteiger partial charge in [0.1, 0.15) is 6.04 Å². The van der Waals surface area contributed by atoms with Crippen molar-refractivity contribution < 1.29 is 14.6 Å². The van der Waals surface area contributed by atoms with Crippen molar-refractivity contribution in [2.45, 2.75) is 45.3 Å². The molecule has 0 bridgehead atoms. The molecule has 0 aliphatic carbocycles. The molecule has 0 aromatic rings. The molecule has 1 heterocycles. The summed E-state index contributed by atoms with van der Waals surface area (Å²) in [5.74, 6) is -0.747. The molecule has 1 aliphatic rings. The van der Waals surface area contributed by atoms with E-state index in [-0.39, 0.29) is 0 Å². The van der Waals surface area contributed by atoms with Crippen LogP contribution in [0.4, 0.5) is 0 Å². The van der Waals surface area contributed by atoms with E-state index in [4.69, 9.17) is 9.84 Å². The number of ether oxygens (including phenoxy) is 1. The lowest BCUT2D eigenvalue weighted by Gasteiger charge is -2.33. The van der Waals surface area contributed by atoms with E-state index in [1.54, 1.807) is 0 Å². The molecule has 1 saturated heterocycles. The average molecular weight is 258 g/mol. The van der Waals surface area contributed by atoms with Gasteiger partial charge in [0.2, 0.25) is 0 Å².